The molecule has 0 spiro atoms. The molecular weight excluding hydrogens is 378 g/mol. The van der Waals surface area contributed by atoms with Crippen molar-refractivity contribution in [2.24, 2.45) is 0 Å². The summed E-state index contributed by atoms with van der Waals surface area (Å²) in [7, 11) is 0. The third-order valence-corrected chi connectivity index (χ3v) is 7.20. The number of amides is 1. The van der Waals surface area contributed by atoms with Crippen LogP contribution in [0.5, 0.6) is 0 Å². The molecule has 0 N–H and O–H groups in total. The Morgan fingerprint density at radius 3 is 2.52 bits per heavy atom. The van der Waals surface area contributed by atoms with Gasteiger partial charge in [-0.05, 0) is 57.5 Å². The van der Waals surface area contributed by atoms with Crippen LogP contribution in [0.25, 0.3) is 10.2 Å². The van der Waals surface area contributed by atoms with E-state index in [1.165, 1.54) is 15.3 Å². The highest BCUT2D eigenvalue weighted by atomic mass is 32.1. The molecule has 1 fully saturated rings. The number of likely N-dealkylation sites (tertiary alicyclic amines) is 1. The molecule has 2 aromatic carbocycles. The van der Waals surface area contributed by atoms with Crippen LogP contribution in [0.4, 0.5) is 0 Å². The normalized spacial score (nSPS) is 16.8. The Balaban J connectivity index is 1.36. The Labute approximate surface area is 177 Å². The molecule has 0 saturated carbocycles. The minimum absolute atomic E-state index is 0.0741. The Morgan fingerprint density at radius 1 is 1.14 bits per heavy atom. The number of carbonyl (C=O) groups excluding carboxylic acids is 1. The summed E-state index contributed by atoms with van der Waals surface area (Å²) in [6, 6.07) is 18.6. The largest absolute Gasteiger partial charge is 0.337 e. The van der Waals surface area contributed by atoms with Crippen LogP contribution in [0, 0.1) is 0 Å². The van der Waals surface area contributed by atoms with Crippen LogP contribution in [0.15, 0.2) is 54.6 Å². The smallest absolute Gasteiger partial charge is 0.239 e. The second kappa shape index (κ2) is 9.06. The number of thiazole rings is 1. The first-order valence-corrected chi connectivity index (χ1v) is 11.4. The number of aromatic nitrogens is 1. The number of nitrogens with zero attached hydrogens (tertiary/aromatic N) is 3. The SMILES string of the molecule is CCN(Cc1ccccc1)C(=O)[C@@H](C)N1CCC(c2nc3ccccc3s2)CC1. The molecule has 0 bridgehead atoms. The highest BCUT2D eigenvalue weighted by Crippen LogP contribution is 2.34. The number of piperidine rings is 1. The predicted molar refractivity (Wildman–Crippen MR) is 120 cm³/mol. The van der Waals surface area contributed by atoms with Crippen LogP contribution in [-0.4, -0.2) is 46.4 Å². The topological polar surface area (TPSA) is 36.4 Å². The maximum atomic E-state index is 13.1. The maximum Gasteiger partial charge on any atom is 0.239 e. The molecule has 0 unspecified atom stereocenters. The highest BCUT2D eigenvalue weighted by Gasteiger charge is 2.30. The van der Waals surface area contributed by atoms with Crippen LogP contribution >= 0.6 is 11.3 Å². The van der Waals surface area contributed by atoms with E-state index in [0.717, 1.165) is 38.0 Å². The van der Waals surface area contributed by atoms with Crippen molar-refractivity contribution in [3.8, 4) is 0 Å². The van der Waals surface area contributed by atoms with Crippen molar-refractivity contribution in [2.75, 3.05) is 19.6 Å². The van der Waals surface area contributed by atoms with E-state index in [1.54, 1.807) is 0 Å². The highest BCUT2D eigenvalue weighted by molar-refractivity contribution is 7.18. The van der Waals surface area contributed by atoms with Crippen molar-refractivity contribution >= 4 is 27.5 Å². The van der Waals surface area contributed by atoms with Gasteiger partial charge in [0.25, 0.3) is 0 Å². The summed E-state index contributed by atoms with van der Waals surface area (Å²) in [6.45, 7) is 7.45. The van der Waals surface area contributed by atoms with Gasteiger partial charge in [0.15, 0.2) is 0 Å². The number of hydrogen-bond donors (Lipinski definition) is 0. The lowest BCUT2D eigenvalue weighted by molar-refractivity contribution is -0.137. The van der Waals surface area contributed by atoms with E-state index in [1.807, 2.05) is 34.4 Å². The Kier molecular flexibility index (Phi) is 6.26. The minimum atomic E-state index is -0.0741. The molecule has 0 aliphatic carbocycles. The van der Waals surface area contributed by atoms with E-state index in [9.17, 15) is 4.79 Å². The monoisotopic (exact) mass is 407 g/mol. The number of hydrogen-bond acceptors (Lipinski definition) is 4. The van der Waals surface area contributed by atoms with Crippen molar-refractivity contribution in [1.82, 2.24) is 14.8 Å². The minimum Gasteiger partial charge on any atom is -0.337 e. The van der Waals surface area contributed by atoms with Gasteiger partial charge < -0.3 is 4.90 Å². The third kappa shape index (κ3) is 4.51. The van der Waals surface area contributed by atoms with Crippen LogP contribution in [0.1, 0.15) is 43.2 Å². The molecule has 3 aromatic rings. The molecule has 29 heavy (non-hydrogen) atoms. The summed E-state index contributed by atoms with van der Waals surface area (Å²) in [4.78, 5) is 22.3. The van der Waals surface area contributed by atoms with Gasteiger partial charge in [0.1, 0.15) is 0 Å². The molecule has 2 heterocycles. The molecule has 1 aliphatic heterocycles. The molecule has 0 radical (unpaired) electrons. The molecule has 1 amide bonds. The molecule has 152 valence electrons. The van der Waals surface area contributed by atoms with Crippen molar-refractivity contribution in [2.45, 2.75) is 45.2 Å². The van der Waals surface area contributed by atoms with Gasteiger partial charge in [-0.2, -0.15) is 0 Å². The van der Waals surface area contributed by atoms with E-state index >= 15 is 0 Å². The first-order valence-electron chi connectivity index (χ1n) is 10.6. The van der Waals surface area contributed by atoms with Gasteiger partial charge in [0.05, 0.1) is 21.3 Å². The third-order valence-electron chi connectivity index (χ3n) is 6.00. The van der Waals surface area contributed by atoms with Crippen LogP contribution in [-0.2, 0) is 11.3 Å². The molecule has 5 heteroatoms. The number of para-hydroxylation sites is 1. The Hall–Kier alpha value is -2.24. The van der Waals surface area contributed by atoms with Crippen molar-refractivity contribution in [1.29, 1.82) is 0 Å². The van der Waals surface area contributed by atoms with E-state index in [0.29, 0.717) is 12.5 Å². The zero-order chi connectivity index (χ0) is 20.2. The lowest BCUT2D eigenvalue weighted by atomic mass is 9.96. The maximum absolute atomic E-state index is 13.1. The first kappa shape index (κ1) is 20.0. The van der Waals surface area contributed by atoms with Gasteiger partial charge in [-0.25, -0.2) is 4.98 Å². The van der Waals surface area contributed by atoms with E-state index < -0.39 is 0 Å². The van der Waals surface area contributed by atoms with Crippen LogP contribution < -0.4 is 0 Å². The average molecular weight is 408 g/mol. The van der Waals surface area contributed by atoms with Gasteiger partial charge in [-0.1, -0.05) is 42.5 Å². The number of fused-ring (bicyclic) bond motifs is 1. The molecular formula is C24H29N3OS. The fraction of sp³-hybridized carbons (Fsp3) is 0.417. The van der Waals surface area contributed by atoms with Gasteiger partial charge in [-0.3, -0.25) is 9.69 Å². The number of rotatable bonds is 6. The lowest BCUT2D eigenvalue weighted by Gasteiger charge is -2.36. The lowest BCUT2D eigenvalue weighted by Crippen LogP contribution is -2.49. The van der Waals surface area contributed by atoms with E-state index in [2.05, 4.69) is 55.1 Å². The molecule has 1 atom stereocenters. The molecule has 4 rings (SSSR count). The van der Waals surface area contributed by atoms with Gasteiger partial charge >= 0.3 is 0 Å². The molecule has 4 nitrogen and oxygen atoms in total. The Bertz CT molecular complexity index is 914. The van der Waals surface area contributed by atoms with Crippen molar-refractivity contribution in [3.05, 3.63) is 65.2 Å². The van der Waals surface area contributed by atoms with E-state index in [-0.39, 0.29) is 11.9 Å². The van der Waals surface area contributed by atoms with E-state index in [4.69, 9.17) is 4.98 Å². The average Bonchev–Trinajstić information content (AvgIpc) is 3.21. The van der Waals surface area contributed by atoms with Crippen molar-refractivity contribution in [3.63, 3.8) is 0 Å². The van der Waals surface area contributed by atoms with Crippen molar-refractivity contribution < 1.29 is 4.79 Å². The zero-order valence-electron chi connectivity index (χ0n) is 17.3. The fourth-order valence-electron chi connectivity index (χ4n) is 4.17. The number of carbonyl (C=O) groups is 1. The summed E-state index contributed by atoms with van der Waals surface area (Å²) in [5.41, 5.74) is 2.29. The Morgan fingerprint density at radius 2 is 1.83 bits per heavy atom. The van der Waals surface area contributed by atoms with Gasteiger partial charge in [0, 0.05) is 19.0 Å². The van der Waals surface area contributed by atoms with Gasteiger partial charge in [-0.15, -0.1) is 11.3 Å². The fourth-order valence-corrected chi connectivity index (χ4v) is 5.30. The molecule has 1 aromatic heterocycles. The summed E-state index contributed by atoms with van der Waals surface area (Å²) >= 11 is 1.82. The first-order chi connectivity index (χ1) is 14.2. The second-order valence-corrected chi connectivity index (χ2v) is 8.91. The number of likely N-dealkylation sites (N-methyl/N-ethyl adjacent to an activating group) is 1. The quantitative estimate of drug-likeness (QED) is 0.582. The van der Waals surface area contributed by atoms with Gasteiger partial charge in [0.2, 0.25) is 5.91 Å². The zero-order valence-corrected chi connectivity index (χ0v) is 18.1. The standard InChI is InChI=1S/C24H29N3OS/c1-3-26(17-19-9-5-4-6-10-19)24(28)18(2)27-15-13-20(14-16-27)23-25-21-11-7-8-12-22(21)29-23/h4-12,18,20H,3,13-17H2,1-2H3/t18-/m1/s1. The number of benzene rings is 2. The molecule has 1 aliphatic rings. The van der Waals surface area contributed by atoms with Crippen LogP contribution in [0.2, 0.25) is 0 Å². The summed E-state index contributed by atoms with van der Waals surface area (Å²) in [5.74, 6) is 0.743. The summed E-state index contributed by atoms with van der Waals surface area (Å²) in [6.07, 6.45) is 2.14. The predicted octanol–water partition coefficient (Wildman–Crippen LogP) is 4.91. The second-order valence-electron chi connectivity index (χ2n) is 7.84. The summed E-state index contributed by atoms with van der Waals surface area (Å²) < 4.78 is 1.27. The van der Waals surface area contributed by atoms with Crippen LogP contribution in [0.3, 0.4) is 0 Å². The molecule has 1 saturated heterocycles. The summed E-state index contributed by atoms with van der Waals surface area (Å²) in [5, 5.41) is 1.25.